The molecular weight excluding hydrogens is 332 g/mol. The van der Waals surface area contributed by atoms with Crippen LogP contribution in [0.25, 0.3) is 0 Å². The normalized spacial score (nSPS) is 14.1. The predicted octanol–water partition coefficient (Wildman–Crippen LogP) is 2.52. The number of hydrogen-bond donors (Lipinski definition) is 1. The average Bonchev–Trinajstić information content (AvgIpc) is 2.28. The highest BCUT2D eigenvalue weighted by atomic mass is 32.2. The first-order valence-electron chi connectivity index (χ1n) is 4.79. The van der Waals surface area contributed by atoms with E-state index in [0.717, 1.165) is 12.1 Å². The van der Waals surface area contributed by atoms with Gasteiger partial charge in [0.15, 0.2) is 5.71 Å². The van der Waals surface area contributed by atoms with E-state index in [1.54, 1.807) is 0 Å². The van der Waals surface area contributed by atoms with Gasteiger partial charge in [0.2, 0.25) is 0 Å². The Bertz CT molecular complexity index is 632. The molecule has 5 nitrogen and oxygen atoms in total. The quantitative estimate of drug-likeness (QED) is 0.398. The summed E-state index contributed by atoms with van der Waals surface area (Å²) >= 11 is 0. The molecule has 0 heterocycles. The Hall–Kier alpha value is -1.98. The number of oxime groups is 1. The monoisotopic (exact) mass is 337 g/mol. The van der Waals surface area contributed by atoms with Crippen molar-refractivity contribution in [1.29, 1.82) is 0 Å². The number of halogens is 6. The van der Waals surface area contributed by atoms with Gasteiger partial charge in [-0.25, -0.2) is 0 Å². The number of alkyl halides is 6. The predicted molar refractivity (Wildman–Crippen MR) is 56.8 cm³/mol. The van der Waals surface area contributed by atoms with Gasteiger partial charge in [-0.15, -0.1) is 0 Å². The van der Waals surface area contributed by atoms with E-state index in [4.69, 9.17) is 5.11 Å². The summed E-state index contributed by atoms with van der Waals surface area (Å²) < 4.78 is 97.7. The highest BCUT2D eigenvalue weighted by Gasteiger charge is 2.49. The second-order valence-electron chi connectivity index (χ2n) is 3.46. The minimum atomic E-state index is -6.31. The number of aromatic hydroxyl groups is 1. The van der Waals surface area contributed by atoms with E-state index >= 15 is 0 Å². The van der Waals surface area contributed by atoms with Gasteiger partial charge in [0.05, 0.1) is 0 Å². The Morgan fingerprint density at radius 1 is 1.05 bits per heavy atom. The zero-order valence-electron chi connectivity index (χ0n) is 9.60. The fraction of sp³-hybridized carbons (Fsp3) is 0.222. The van der Waals surface area contributed by atoms with Crippen LogP contribution in [0.15, 0.2) is 29.4 Å². The van der Waals surface area contributed by atoms with Gasteiger partial charge in [-0.05, 0) is 24.3 Å². The fourth-order valence-electron chi connectivity index (χ4n) is 1.02. The van der Waals surface area contributed by atoms with E-state index < -0.39 is 38.8 Å². The summed E-state index contributed by atoms with van der Waals surface area (Å²) in [6.45, 7) is 0. The molecule has 0 spiro atoms. The molecule has 118 valence electrons. The van der Waals surface area contributed by atoms with E-state index in [1.807, 2.05) is 5.16 Å². The third-order valence-corrected chi connectivity index (χ3v) is 2.76. The molecule has 1 N–H and O–H groups in total. The van der Waals surface area contributed by atoms with E-state index in [9.17, 15) is 34.8 Å². The van der Waals surface area contributed by atoms with Gasteiger partial charge in [-0.2, -0.15) is 34.8 Å². The molecule has 21 heavy (non-hydrogen) atoms. The molecular formula is C9H5F6NO4S. The lowest BCUT2D eigenvalue weighted by Gasteiger charge is -2.11. The third kappa shape index (κ3) is 4.24. The second kappa shape index (κ2) is 5.42. The van der Waals surface area contributed by atoms with Crippen molar-refractivity contribution in [2.45, 2.75) is 11.7 Å². The van der Waals surface area contributed by atoms with Crippen LogP contribution in [0.1, 0.15) is 5.56 Å². The van der Waals surface area contributed by atoms with Crippen LogP contribution in [0.3, 0.4) is 0 Å². The smallest absolute Gasteiger partial charge is 0.508 e. The second-order valence-corrected chi connectivity index (χ2v) is 4.98. The van der Waals surface area contributed by atoms with Crippen molar-refractivity contribution in [2.24, 2.45) is 5.16 Å². The first-order chi connectivity index (χ1) is 9.34. The third-order valence-electron chi connectivity index (χ3n) is 1.92. The topological polar surface area (TPSA) is 76.0 Å². The van der Waals surface area contributed by atoms with Crippen LogP contribution in [0, 0.1) is 0 Å². The molecule has 0 bridgehead atoms. The number of nitrogens with zero attached hydrogens (tertiary/aromatic N) is 1. The largest absolute Gasteiger partial charge is 0.536 e. The van der Waals surface area contributed by atoms with Gasteiger partial charge in [0.1, 0.15) is 5.75 Å². The standard InChI is InChI=1S/C9H5F6NO4S/c10-8(11,12)7(5-1-3-6(17)4-2-5)16-20-21(18,19)9(13,14)15/h1-4,17H/b16-7-. The van der Waals surface area contributed by atoms with E-state index in [2.05, 4.69) is 4.28 Å². The van der Waals surface area contributed by atoms with Gasteiger partial charge < -0.3 is 5.11 Å². The number of phenolic OH excluding ortho intramolecular Hbond substituents is 1. The molecule has 12 heteroatoms. The fourth-order valence-corrected chi connectivity index (χ4v) is 1.27. The molecule has 1 aromatic carbocycles. The summed E-state index contributed by atoms with van der Waals surface area (Å²) in [4.78, 5) is 0. The maximum absolute atomic E-state index is 12.6. The molecule has 0 aliphatic heterocycles. The van der Waals surface area contributed by atoms with Gasteiger partial charge >= 0.3 is 21.8 Å². The van der Waals surface area contributed by atoms with Gasteiger partial charge in [0, 0.05) is 5.56 Å². The van der Waals surface area contributed by atoms with Gasteiger partial charge in [-0.3, -0.25) is 4.28 Å². The number of phenols is 1. The molecule has 0 fully saturated rings. The molecule has 0 saturated heterocycles. The first kappa shape index (κ1) is 17.1. The first-order valence-corrected chi connectivity index (χ1v) is 6.20. The molecule has 1 rings (SSSR count). The minimum absolute atomic E-state index is 0.413. The minimum Gasteiger partial charge on any atom is -0.508 e. The Morgan fingerprint density at radius 3 is 1.90 bits per heavy atom. The molecule has 0 aliphatic rings. The van der Waals surface area contributed by atoms with Crippen molar-refractivity contribution in [3.8, 4) is 5.75 Å². The Balaban J connectivity index is 3.23. The molecule has 0 radical (unpaired) electrons. The number of benzene rings is 1. The van der Waals surface area contributed by atoms with Crippen LogP contribution in [0.2, 0.25) is 0 Å². The summed E-state index contributed by atoms with van der Waals surface area (Å²) in [5.74, 6) is -0.413. The van der Waals surface area contributed by atoms with Crippen LogP contribution in [0.4, 0.5) is 26.3 Å². The van der Waals surface area contributed by atoms with Crippen LogP contribution >= 0.6 is 0 Å². The summed E-state index contributed by atoms with van der Waals surface area (Å²) in [5, 5.41) is 10.9. The zero-order chi connectivity index (χ0) is 16.5. The van der Waals surface area contributed by atoms with Crippen molar-refractivity contribution in [3.63, 3.8) is 0 Å². The Morgan fingerprint density at radius 2 is 1.52 bits per heavy atom. The summed E-state index contributed by atoms with van der Waals surface area (Å²) in [7, 11) is -6.31. The summed E-state index contributed by atoms with van der Waals surface area (Å²) in [5.41, 5.74) is -8.71. The molecule has 0 amide bonds. The molecule has 1 aromatic rings. The summed E-state index contributed by atoms with van der Waals surface area (Å²) in [6, 6.07) is 2.94. The van der Waals surface area contributed by atoms with Crippen LogP contribution in [0.5, 0.6) is 5.75 Å². The lowest BCUT2D eigenvalue weighted by molar-refractivity contribution is -0.0633. The highest BCUT2D eigenvalue weighted by Crippen LogP contribution is 2.28. The maximum Gasteiger partial charge on any atom is 0.536 e. The van der Waals surface area contributed by atoms with E-state index in [-0.39, 0.29) is 0 Å². The SMILES string of the molecule is O=S(=O)(O/N=C(/c1ccc(O)cc1)C(F)(F)F)C(F)(F)F. The van der Waals surface area contributed by atoms with Crippen LogP contribution in [-0.4, -0.2) is 30.9 Å². The molecule has 0 atom stereocenters. The van der Waals surface area contributed by atoms with Gasteiger partial charge in [0.25, 0.3) is 0 Å². The Labute approximate surface area is 113 Å². The van der Waals surface area contributed by atoms with Crippen molar-refractivity contribution in [2.75, 3.05) is 0 Å². The number of hydrogen-bond acceptors (Lipinski definition) is 5. The molecule has 0 aromatic heterocycles. The maximum atomic E-state index is 12.6. The summed E-state index contributed by atoms with van der Waals surface area (Å²) in [6.07, 6.45) is -5.28. The Kier molecular flexibility index (Phi) is 4.41. The average molecular weight is 337 g/mol. The van der Waals surface area contributed by atoms with Crippen molar-refractivity contribution in [3.05, 3.63) is 29.8 Å². The highest BCUT2D eigenvalue weighted by molar-refractivity contribution is 7.87. The van der Waals surface area contributed by atoms with Gasteiger partial charge in [-0.1, -0.05) is 5.16 Å². The van der Waals surface area contributed by atoms with E-state index in [1.165, 1.54) is 0 Å². The zero-order valence-corrected chi connectivity index (χ0v) is 10.4. The van der Waals surface area contributed by atoms with Crippen molar-refractivity contribution < 1.29 is 44.2 Å². The molecule has 0 unspecified atom stereocenters. The van der Waals surface area contributed by atoms with Crippen molar-refractivity contribution in [1.82, 2.24) is 0 Å². The van der Waals surface area contributed by atoms with Crippen molar-refractivity contribution >= 4 is 15.8 Å². The lowest BCUT2D eigenvalue weighted by Crippen LogP contribution is -2.28. The number of rotatable bonds is 3. The molecule has 0 saturated carbocycles. The van der Waals surface area contributed by atoms with Crippen LogP contribution in [-0.2, 0) is 14.4 Å². The lowest BCUT2D eigenvalue weighted by atomic mass is 10.1. The van der Waals surface area contributed by atoms with Crippen LogP contribution < -0.4 is 0 Å². The van der Waals surface area contributed by atoms with E-state index in [0.29, 0.717) is 12.1 Å². The molecule has 0 aliphatic carbocycles.